The van der Waals surface area contributed by atoms with Crippen molar-refractivity contribution in [2.75, 3.05) is 25.2 Å². The molecule has 0 aliphatic carbocycles. The molecule has 2 aromatic rings. The Kier molecular flexibility index (Phi) is 6.98. The number of hydrogen-bond donors (Lipinski definition) is 3. The molecule has 4 rings (SSSR count). The van der Waals surface area contributed by atoms with Gasteiger partial charge in [-0.1, -0.05) is 42.5 Å². The lowest BCUT2D eigenvalue weighted by molar-refractivity contribution is -0.140. The van der Waals surface area contributed by atoms with Gasteiger partial charge in [-0.3, -0.25) is 30.4 Å². The van der Waals surface area contributed by atoms with Crippen LogP contribution in [-0.2, 0) is 16.0 Å². The van der Waals surface area contributed by atoms with E-state index >= 15 is 0 Å². The number of rotatable bonds is 6. The number of benzene rings is 1. The van der Waals surface area contributed by atoms with Crippen LogP contribution < -0.4 is 16.0 Å². The lowest BCUT2D eigenvalue weighted by Gasteiger charge is -2.50. The fourth-order valence-electron chi connectivity index (χ4n) is 4.06. The number of hydrogen-bond acceptors (Lipinski definition) is 9. The van der Waals surface area contributed by atoms with Crippen LogP contribution in [0.4, 0.5) is 9.93 Å². The van der Waals surface area contributed by atoms with Gasteiger partial charge < -0.3 is 4.90 Å². The second-order valence-electron chi connectivity index (χ2n) is 8.02. The molecule has 0 saturated carbocycles. The number of anilines is 1. The van der Waals surface area contributed by atoms with Gasteiger partial charge in [-0.05, 0) is 24.5 Å². The quantitative estimate of drug-likeness (QED) is 0.562. The van der Waals surface area contributed by atoms with Crippen LogP contribution in [0.5, 0.6) is 0 Å². The van der Waals surface area contributed by atoms with Crippen molar-refractivity contribution in [3.05, 3.63) is 40.4 Å². The van der Waals surface area contributed by atoms with Gasteiger partial charge in [0.15, 0.2) is 0 Å². The minimum atomic E-state index is -0.552. The first kappa shape index (κ1) is 23.6. The summed E-state index contributed by atoms with van der Waals surface area (Å²) in [5.41, 5.74) is 2.11. The van der Waals surface area contributed by atoms with Crippen molar-refractivity contribution in [3.8, 4) is 0 Å². The number of carbonyl (C=O) groups excluding carboxylic acids is 3. The first-order valence-corrected chi connectivity index (χ1v) is 12.5. The van der Waals surface area contributed by atoms with Gasteiger partial charge in [0.25, 0.3) is 0 Å². The van der Waals surface area contributed by atoms with E-state index in [4.69, 9.17) is 0 Å². The molecule has 2 aliphatic heterocycles. The zero-order valence-corrected chi connectivity index (χ0v) is 20.5. The highest BCUT2D eigenvalue weighted by atomic mass is 32.2. The monoisotopic (exact) mass is 489 g/mol. The van der Waals surface area contributed by atoms with E-state index in [0.717, 1.165) is 27.5 Å². The first-order valence-electron chi connectivity index (χ1n) is 10.7. The van der Waals surface area contributed by atoms with Gasteiger partial charge in [0.2, 0.25) is 16.9 Å². The summed E-state index contributed by atoms with van der Waals surface area (Å²) in [5.74, 6) is -0.925. The summed E-state index contributed by atoms with van der Waals surface area (Å²) in [4.78, 5) is 40.9. The zero-order valence-electron chi connectivity index (χ0n) is 18.9. The fourth-order valence-corrected chi connectivity index (χ4v) is 5.86. The molecular formula is C21H27N7O3S2. The van der Waals surface area contributed by atoms with E-state index in [1.807, 2.05) is 38.1 Å². The van der Waals surface area contributed by atoms with Gasteiger partial charge in [0.05, 0.1) is 29.4 Å². The Bertz CT molecular complexity index is 1060. The third-order valence-electron chi connectivity index (χ3n) is 5.87. The van der Waals surface area contributed by atoms with Gasteiger partial charge in [0, 0.05) is 14.1 Å². The van der Waals surface area contributed by atoms with Crippen molar-refractivity contribution in [2.24, 2.45) is 5.92 Å². The molecule has 2 fully saturated rings. The number of nitrogens with zero attached hydrogens (tertiary/aromatic N) is 4. The molecular weight excluding hydrogens is 462 g/mol. The van der Waals surface area contributed by atoms with E-state index in [1.165, 1.54) is 30.1 Å². The first-order chi connectivity index (χ1) is 15.8. The topological polar surface area (TPSA) is 120 Å². The van der Waals surface area contributed by atoms with Crippen molar-refractivity contribution in [1.82, 2.24) is 30.6 Å². The van der Waals surface area contributed by atoms with Crippen LogP contribution in [0.1, 0.15) is 29.2 Å². The van der Waals surface area contributed by atoms with Crippen molar-refractivity contribution < 1.29 is 14.4 Å². The smallest absolute Gasteiger partial charge is 0.311 e. The Morgan fingerprint density at radius 1 is 1.21 bits per heavy atom. The second-order valence-corrected chi connectivity index (χ2v) is 10.2. The molecule has 3 N–H and O–H groups in total. The van der Waals surface area contributed by atoms with Gasteiger partial charge in [-0.2, -0.15) is 0 Å². The molecule has 0 radical (unpaired) electrons. The average Bonchev–Trinajstić information content (AvgIpc) is 3.27. The standard InChI is InChI=1S/C21H27N7O3S2/c1-5-14-25-26-20(33-14)22-13(29)10-32-18-15-17(27(3)21(31)28(4)19(15)30)23-16(24-18)12-9-7-6-8-11(12)2/h6-9,15-18,23-24H,5,10H2,1-4H3,(H,22,26,29). The van der Waals surface area contributed by atoms with Gasteiger partial charge >= 0.3 is 6.03 Å². The lowest BCUT2D eigenvalue weighted by atomic mass is 9.95. The molecule has 0 bridgehead atoms. The zero-order chi connectivity index (χ0) is 23.7. The highest BCUT2D eigenvalue weighted by molar-refractivity contribution is 8.00. The van der Waals surface area contributed by atoms with E-state index < -0.39 is 17.5 Å². The van der Waals surface area contributed by atoms with Gasteiger partial charge in [-0.25, -0.2) is 4.79 Å². The van der Waals surface area contributed by atoms with Crippen LogP contribution in [0.25, 0.3) is 0 Å². The van der Waals surface area contributed by atoms with Gasteiger partial charge in [0.1, 0.15) is 5.01 Å². The van der Waals surface area contributed by atoms with Crippen molar-refractivity contribution >= 4 is 46.1 Å². The van der Waals surface area contributed by atoms with E-state index in [-0.39, 0.29) is 29.8 Å². The number of imide groups is 1. The van der Waals surface area contributed by atoms with Crippen molar-refractivity contribution in [3.63, 3.8) is 0 Å². The predicted molar refractivity (Wildman–Crippen MR) is 128 cm³/mol. The maximum atomic E-state index is 13.1. The van der Waals surface area contributed by atoms with Crippen LogP contribution in [0.2, 0.25) is 0 Å². The Morgan fingerprint density at radius 2 is 1.97 bits per heavy atom. The molecule has 1 aromatic carbocycles. The maximum absolute atomic E-state index is 13.1. The van der Waals surface area contributed by atoms with Crippen molar-refractivity contribution in [2.45, 2.75) is 38.0 Å². The fraction of sp³-hybridized carbons (Fsp3) is 0.476. The summed E-state index contributed by atoms with van der Waals surface area (Å²) >= 11 is 2.69. The van der Waals surface area contributed by atoms with Gasteiger partial charge in [-0.15, -0.1) is 22.0 Å². The second kappa shape index (κ2) is 9.75. The predicted octanol–water partition coefficient (Wildman–Crippen LogP) is 1.76. The molecule has 4 atom stereocenters. The van der Waals surface area contributed by atoms with E-state index in [0.29, 0.717) is 5.13 Å². The minimum absolute atomic E-state index is 0.122. The summed E-state index contributed by atoms with van der Waals surface area (Å²) in [5, 5.41) is 18.6. The Morgan fingerprint density at radius 3 is 2.67 bits per heavy atom. The summed E-state index contributed by atoms with van der Waals surface area (Å²) in [6.45, 7) is 3.99. The number of nitrogens with one attached hydrogen (secondary N) is 3. The molecule has 10 nitrogen and oxygen atoms in total. The Hall–Kier alpha value is -2.54. The van der Waals surface area contributed by atoms with Crippen LogP contribution >= 0.6 is 23.1 Å². The van der Waals surface area contributed by atoms with E-state index in [2.05, 4.69) is 26.1 Å². The molecule has 4 amide bonds. The highest BCUT2D eigenvalue weighted by Crippen LogP contribution is 2.35. The van der Waals surface area contributed by atoms with Crippen LogP contribution in [0, 0.1) is 12.8 Å². The van der Waals surface area contributed by atoms with E-state index in [1.54, 1.807) is 11.9 Å². The molecule has 4 unspecified atom stereocenters. The third-order valence-corrected chi connectivity index (χ3v) is 8.07. The van der Waals surface area contributed by atoms with E-state index in [9.17, 15) is 14.4 Å². The van der Waals surface area contributed by atoms with Crippen molar-refractivity contribution in [1.29, 1.82) is 0 Å². The number of aromatic nitrogens is 2. The number of urea groups is 1. The number of fused-ring (bicyclic) bond motifs is 1. The molecule has 2 saturated heterocycles. The normalized spacial score (nSPS) is 25.2. The van der Waals surface area contributed by atoms with Crippen LogP contribution in [0.3, 0.4) is 0 Å². The summed E-state index contributed by atoms with van der Waals surface area (Å²) in [6.07, 6.45) is -0.0235. The number of amides is 4. The molecule has 1 aromatic heterocycles. The summed E-state index contributed by atoms with van der Waals surface area (Å²) in [7, 11) is 3.17. The van der Waals surface area contributed by atoms with Crippen LogP contribution in [-0.4, -0.2) is 69.2 Å². The third kappa shape index (κ3) is 4.74. The summed E-state index contributed by atoms with van der Waals surface area (Å²) in [6, 6.07) is 7.58. The minimum Gasteiger partial charge on any atom is -0.311 e. The maximum Gasteiger partial charge on any atom is 0.327 e. The molecule has 12 heteroatoms. The Balaban J connectivity index is 1.53. The summed E-state index contributed by atoms with van der Waals surface area (Å²) < 4.78 is 0. The molecule has 3 heterocycles. The highest BCUT2D eigenvalue weighted by Gasteiger charge is 2.51. The van der Waals surface area contributed by atoms with Crippen LogP contribution in [0.15, 0.2) is 24.3 Å². The molecule has 176 valence electrons. The molecule has 33 heavy (non-hydrogen) atoms. The number of thioether (sulfide) groups is 1. The average molecular weight is 490 g/mol. The molecule has 0 spiro atoms. The molecule has 2 aliphatic rings. The Labute approximate surface area is 200 Å². The number of carbonyl (C=O) groups is 3. The number of aryl methyl sites for hydroxylation is 2. The SMILES string of the molecule is CCc1nnc(NC(=O)CSC2NC(c3ccccc3C)NC3C2C(=O)N(C)C(=O)N3C)s1. The lowest BCUT2D eigenvalue weighted by Crippen LogP contribution is -2.72. The largest absolute Gasteiger partial charge is 0.327 e.